The number of hydrogen-bond donors (Lipinski definition) is 3. The van der Waals surface area contributed by atoms with E-state index in [1.807, 2.05) is 0 Å². The Labute approximate surface area is 109 Å². The zero-order chi connectivity index (χ0) is 14.0. The number of anilines is 1. The fourth-order valence-electron chi connectivity index (χ4n) is 0.975. The molecule has 18 heavy (non-hydrogen) atoms. The maximum absolute atomic E-state index is 11.9. The summed E-state index contributed by atoms with van der Waals surface area (Å²) in [6, 6.07) is -0.487. The number of sulfonamides is 1. The van der Waals surface area contributed by atoms with Crippen molar-refractivity contribution in [1.82, 2.24) is 20.2 Å². The van der Waals surface area contributed by atoms with E-state index in [0.29, 0.717) is 0 Å². The molecule has 2 amide bonds. The minimum Gasteiger partial charge on any atom is -0.341 e. The lowest BCUT2D eigenvalue weighted by atomic mass is 10.1. The highest BCUT2D eigenvalue weighted by Crippen LogP contribution is 2.20. The van der Waals surface area contributed by atoms with E-state index in [9.17, 15) is 13.2 Å². The first-order valence-corrected chi connectivity index (χ1v) is 7.30. The molecular formula is C8H15N5O3S2. The molecule has 0 aromatic carbocycles. The molecule has 0 atom stereocenters. The van der Waals surface area contributed by atoms with Crippen molar-refractivity contribution < 1.29 is 13.2 Å². The highest BCUT2D eigenvalue weighted by Gasteiger charge is 2.26. The highest BCUT2D eigenvalue weighted by molar-refractivity contribution is 7.91. The Balaban J connectivity index is 2.89. The number of carbonyl (C=O) groups excluding carboxylic acids is 1. The lowest BCUT2D eigenvalue weighted by Crippen LogP contribution is -2.40. The molecule has 0 bridgehead atoms. The lowest BCUT2D eigenvalue weighted by molar-refractivity contribution is 0.254. The molecule has 0 unspecified atom stereocenters. The number of urea groups is 1. The van der Waals surface area contributed by atoms with Gasteiger partial charge in [0.2, 0.25) is 9.47 Å². The van der Waals surface area contributed by atoms with Gasteiger partial charge >= 0.3 is 6.03 Å². The Morgan fingerprint density at radius 1 is 1.28 bits per heavy atom. The largest absolute Gasteiger partial charge is 0.341 e. The summed E-state index contributed by atoms with van der Waals surface area (Å²) in [4.78, 5) is 11.0. The number of carbonyl (C=O) groups is 1. The van der Waals surface area contributed by atoms with Crippen molar-refractivity contribution in [2.24, 2.45) is 0 Å². The quantitative estimate of drug-likeness (QED) is 0.697. The first-order chi connectivity index (χ1) is 8.14. The Morgan fingerprint density at radius 3 is 2.39 bits per heavy atom. The van der Waals surface area contributed by atoms with Crippen LogP contribution in [-0.4, -0.2) is 37.2 Å². The maximum atomic E-state index is 11.9. The van der Waals surface area contributed by atoms with Crippen molar-refractivity contribution in [2.75, 3.05) is 12.4 Å². The van der Waals surface area contributed by atoms with Gasteiger partial charge in [0.05, 0.1) is 0 Å². The third-order valence-electron chi connectivity index (χ3n) is 1.52. The fraction of sp³-hybridized carbons (Fsp3) is 0.625. The van der Waals surface area contributed by atoms with Crippen LogP contribution >= 0.6 is 11.3 Å². The minimum atomic E-state index is -3.72. The molecule has 0 saturated carbocycles. The van der Waals surface area contributed by atoms with Crippen LogP contribution in [0.15, 0.2) is 4.34 Å². The van der Waals surface area contributed by atoms with Crippen LogP contribution in [-0.2, 0) is 10.0 Å². The van der Waals surface area contributed by atoms with Gasteiger partial charge in [-0.15, -0.1) is 10.2 Å². The molecule has 1 aromatic rings. The standard InChI is InChI=1S/C8H15N5O3S2/c1-8(2,3)13-18(15,16)7-12-11-6(17-7)10-5(14)9-4/h13H,1-4H3,(H2,9,10,11,14). The van der Waals surface area contributed by atoms with Gasteiger partial charge in [0.1, 0.15) is 0 Å². The highest BCUT2D eigenvalue weighted by atomic mass is 32.2. The van der Waals surface area contributed by atoms with Gasteiger partial charge in [0, 0.05) is 12.6 Å². The van der Waals surface area contributed by atoms with Gasteiger partial charge in [-0.3, -0.25) is 5.32 Å². The predicted molar refractivity (Wildman–Crippen MR) is 68.1 cm³/mol. The number of nitrogens with one attached hydrogen (secondary N) is 3. The number of aromatic nitrogens is 2. The van der Waals surface area contributed by atoms with Crippen molar-refractivity contribution >= 4 is 32.5 Å². The zero-order valence-electron chi connectivity index (χ0n) is 10.4. The van der Waals surface area contributed by atoms with E-state index in [-0.39, 0.29) is 9.47 Å². The average molecular weight is 293 g/mol. The van der Waals surface area contributed by atoms with E-state index >= 15 is 0 Å². The van der Waals surface area contributed by atoms with E-state index in [0.717, 1.165) is 11.3 Å². The molecule has 1 rings (SSSR count). The van der Waals surface area contributed by atoms with E-state index in [1.165, 1.54) is 7.05 Å². The number of nitrogens with zero attached hydrogens (tertiary/aromatic N) is 2. The molecule has 0 radical (unpaired) electrons. The molecule has 0 aliphatic heterocycles. The smallest absolute Gasteiger partial charge is 0.320 e. The van der Waals surface area contributed by atoms with Gasteiger partial charge in [-0.05, 0) is 20.8 Å². The van der Waals surface area contributed by atoms with Gasteiger partial charge in [0.25, 0.3) is 10.0 Å². The van der Waals surface area contributed by atoms with Crippen LogP contribution in [0.3, 0.4) is 0 Å². The predicted octanol–water partition coefficient (Wildman–Crippen LogP) is 0.366. The number of amides is 2. The van der Waals surface area contributed by atoms with Crippen molar-refractivity contribution in [2.45, 2.75) is 30.6 Å². The van der Waals surface area contributed by atoms with Crippen LogP contribution in [0.1, 0.15) is 20.8 Å². The third-order valence-corrected chi connectivity index (χ3v) is 4.49. The van der Waals surface area contributed by atoms with Gasteiger partial charge in [-0.25, -0.2) is 17.9 Å². The minimum absolute atomic E-state index is 0.114. The molecule has 0 aliphatic carbocycles. The summed E-state index contributed by atoms with van der Waals surface area (Å²) in [5.74, 6) is 0. The van der Waals surface area contributed by atoms with Crippen LogP contribution in [0.25, 0.3) is 0 Å². The SMILES string of the molecule is CNC(=O)Nc1nnc(S(=O)(=O)NC(C)(C)C)s1. The van der Waals surface area contributed by atoms with Crippen LogP contribution in [0.4, 0.5) is 9.93 Å². The molecule has 0 spiro atoms. The lowest BCUT2D eigenvalue weighted by Gasteiger charge is -2.18. The third kappa shape index (κ3) is 4.20. The van der Waals surface area contributed by atoms with Crippen molar-refractivity contribution in [1.29, 1.82) is 0 Å². The van der Waals surface area contributed by atoms with Crippen molar-refractivity contribution in [3.63, 3.8) is 0 Å². The molecule has 3 N–H and O–H groups in total. The number of rotatable bonds is 3. The summed E-state index contributed by atoms with van der Waals surface area (Å²) in [6.07, 6.45) is 0. The van der Waals surface area contributed by atoms with Gasteiger partial charge in [0.15, 0.2) is 0 Å². The zero-order valence-corrected chi connectivity index (χ0v) is 12.1. The molecule has 10 heteroatoms. The molecule has 102 valence electrons. The maximum Gasteiger partial charge on any atom is 0.320 e. The summed E-state index contributed by atoms with van der Waals surface area (Å²) < 4.78 is 26.0. The topological polar surface area (TPSA) is 113 Å². The summed E-state index contributed by atoms with van der Waals surface area (Å²) in [5, 5.41) is 11.9. The molecule has 0 saturated heterocycles. The Kier molecular flexibility index (Phi) is 4.24. The summed E-state index contributed by atoms with van der Waals surface area (Å²) in [7, 11) is -2.28. The monoisotopic (exact) mass is 293 g/mol. The second kappa shape index (κ2) is 5.16. The Bertz CT molecular complexity index is 531. The van der Waals surface area contributed by atoms with Gasteiger partial charge in [-0.1, -0.05) is 11.3 Å². The molecule has 1 heterocycles. The van der Waals surface area contributed by atoms with Crippen LogP contribution in [0.5, 0.6) is 0 Å². The summed E-state index contributed by atoms with van der Waals surface area (Å²) in [5.41, 5.74) is -0.612. The van der Waals surface area contributed by atoms with Crippen molar-refractivity contribution in [3.8, 4) is 0 Å². The van der Waals surface area contributed by atoms with Crippen LogP contribution in [0, 0.1) is 0 Å². The second-order valence-corrected chi connectivity index (χ2v) is 7.27. The molecular weight excluding hydrogens is 278 g/mol. The second-order valence-electron chi connectivity index (χ2n) is 4.43. The van der Waals surface area contributed by atoms with E-state index < -0.39 is 21.6 Å². The first-order valence-electron chi connectivity index (χ1n) is 5.00. The van der Waals surface area contributed by atoms with E-state index in [2.05, 4.69) is 25.6 Å². The van der Waals surface area contributed by atoms with E-state index in [4.69, 9.17) is 0 Å². The van der Waals surface area contributed by atoms with Crippen LogP contribution < -0.4 is 15.4 Å². The fourth-order valence-corrected chi connectivity index (χ4v) is 3.29. The Morgan fingerprint density at radius 2 is 1.89 bits per heavy atom. The van der Waals surface area contributed by atoms with Gasteiger partial charge < -0.3 is 5.32 Å². The molecule has 1 aromatic heterocycles. The molecule has 8 nitrogen and oxygen atoms in total. The van der Waals surface area contributed by atoms with E-state index in [1.54, 1.807) is 20.8 Å². The summed E-state index contributed by atoms with van der Waals surface area (Å²) in [6.45, 7) is 5.15. The Hall–Kier alpha value is -1.26. The average Bonchev–Trinajstić information content (AvgIpc) is 2.63. The number of hydrogen-bond acceptors (Lipinski definition) is 6. The molecule has 0 fully saturated rings. The normalized spacial score (nSPS) is 12.2. The van der Waals surface area contributed by atoms with Crippen molar-refractivity contribution in [3.05, 3.63) is 0 Å². The molecule has 0 aliphatic rings. The van der Waals surface area contributed by atoms with Crippen LogP contribution in [0.2, 0.25) is 0 Å². The van der Waals surface area contributed by atoms with Gasteiger partial charge in [-0.2, -0.15) is 0 Å². The summed E-state index contributed by atoms with van der Waals surface area (Å²) >= 11 is 0.780. The first kappa shape index (κ1) is 14.8.